The van der Waals surface area contributed by atoms with Crippen molar-refractivity contribution in [2.75, 3.05) is 13.1 Å². The summed E-state index contributed by atoms with van der Waals surface area (Å²) in [5.74, 6) is 5.42. The SMILES string of the molecule is NCC#Cc1ccc(CN2CCc3sccc3C2)c(F)c1. The third-order valence-corrected chi connectivity index (χ3v) is 4.69. The summed E-state index contributed by atoms with van der Waals surface area (Å²) in [4.78, 5) is 3.76. The zero-order valence-electron chi connectivity index (χ0n) is 11.7. The zero-order chi connectivity index (χ0) is 14.7. The topological polar surface area (TPSA) is 29.3 Å². The average molecular weight is 300 g/mol. The van der Waals surface area contributed by atoms with E-state index in [2.05, 4.69) is 28.2 Å². The third kappa shape index (κ3) is 3.33. The first-order chi connectivity index (χ1) is 10.3. The van der Waals surface area contributed by atoms with Gasteiger partial charge in [-0.3, -0.25) is 4.90 Å². The lowest BCUT2D eigenvalue weighted by atomic mass is 10.1. The summed E-state index contributed by atoms with van der Waals surface area (Å²) in [5, 5.41) is 2.14. The van der Waals surface area contributed by atoms with E-state index in [0.717, 1.165) is 25.1 Å². The van der Waals surface area contributed by atoms with E-state index in [1.165, 1.54) is 16.5 Å². The molecule has 0 aliphatic carbocycles. The normalized spacial score (nSPS) is 14.4. The van der Waals surface area contributed by atoms with Gasteiger partial charge in [-0.1, -0.05) is 17.9 Å². The Bertz CT molecular complexity index is 696. The maximum atomic E-state index is 14.1. The highest BCUT2D eigenvalue weighted by Gasteiger charge is 2.18. The van der Waals surface area contributed by atoms with E-state index in [4.69, 9.17) is 5.73 Å². The molecule has 0 bridgehead atoms. The second-order valence-electron chi connectivity index (χ2n) is 5.14. The second-order valence-corrected chi connectivity index (χ2v) is 6.14. The molecule has 2 nitrogen and oxygen atoms in total. The number of benzene rings is 1. The summed E-state index contributed by atoms with van der Waals surface area (Å²) in [6.45, 7) is 2.83. The number of hydrogen-bond acceptors (Lipinski definition) is 3. The summed E-state index contributed by atoms with van der Waals surface area (Å²) in [5.41, 5.74) is 8.12. The molecule has 3 rings (SSSR count). The fraction of sp³-hybridized carbons (Fsp3) is 0.294. The molecule has 0 atom stereocenters. The Hall–Kier alpha value is -1.67. The number of thiophene rings is 1. The van der Waals surface area contributed by atoms with Gasteiger partial charge in [0.2, 0.25) is 0 Å². The van der Waals surface area contributed by atoms with E-state index in [9.17, 15) is 4.39 Å². The predicted molar refractivity (Wildman–Crippen MR) is 84.5 cm³/mol. The molecule has 1 aromatic carbocycles. The first-order valence-electron chi connectivity index (χ1n) is 7.01. The van der Waals surface area contributed by atoms with Gasteiger partial charge >= 0.3 is 0 Å². The molecule has 4 heteroatoms. The smallest absolute Gasteiger partial charge is 0.128 e. The predicted octanol–water partition coefficient (Wildman–Crippen LogP) is 2.76. The third-order valence-electron chi connectivity index (χ3n) is 3.67. The standard InChI is InChI=1S/C17H17FN2S/c18-16-10-13(2-1-7-19)3-4-14(16)11-20-8-5-17-15(12-20)6-9-21-17/h3-4,6,9-10H,5,7-8,11-12,19H2. The number of halogens is 1. The number of rotatable bonds is 2. The summed E-state index contributed by atoms with van der Waals surface area (Å²) >= 11 is 1.82. The quantitative estimate of drug-likeness (QED) is 0.864. The van der Waals surface area contributed by atoms with E-state index >= 15 is 0 Å². The minimum atomic E-state index is -0.185. The lowest BCUT2D eigenvalue weighted by Crippen LogP contribution is -2.29. The number of fused-ring (bicyclic) bond motifs is 1. The van der Waals surface area contributed by atoms with Crippen molar-refractivity contribution < 1.29 is 4.39 Å². The van der Waals surface area contributed by atoms with E-state index in [0.29, 0.717) is 18.7 Å². The van der Waals surface area contributed by atoms with Crippen molar-refractivity contribution in [2.45, 2.75) is 19.5 Å². The van der Waals surface area contributed by atoms with Crippen LogP contribution in [0.15, 0.2) is 29.6 Å². The van der Waals surface area contributed by atoms with Crippen LogP contribution in [0.25, 0.3) is 0 Å². The molecule has 2 N–H and O–H groups in total. The molecule has 0 spiro atoms. The van der Waals surface area contributed by atoms with Crippen molar-refractivity contribution in [3.63, 3.8) is 0 Å². The number of nitrogens with zero attached hydrogens (tertiary/aromatic N) is 1. The van der Waals surface area contributed by atoms with Crippen LogP contribution in [-0.2, 0) is 19.5 Å². The maximum Gasteiger partial charge on any atom is 0.128 e. The van der Waals surface area contributed by atoms with Gasteiger partial charge in [0.25, 0.3) is 0 Å². The van der Waals surface area contributed by atoms with Gasteiger partial charge in [0.05, 0.1) is 6.54 Å². The van der Waals surface area contributed by atoms with Crippen molar-refractivity contribution in [3.05, 3.63) is 57.0 Å². The Morgan fingerprint density at radius 2 is 2.24 bits per heavy atom. The van der Waals surface area contributed by atoms with E-state index in [-0.39, 0.29) is 5.82 Å². The van der Waals surface area contributed by atoms with Gasteiger partial charge < -0.3 is 5.73 Å². The summed E-state index contributed by atoms with van der Waals surface area (Å²) < 4.78 is 14.1. The van der Waals surface area contributed by atoms with Crippen LogP contribution in [-0.4, -0.2) is 18.0 Å². The van der Waals surface area contributed by atoms with Crippen LogP contribution in [0.1, 0.15) is 21.6 Å². The van der Waals surface area contributed by atoms with Gasteiger partial charge in [-0.25, -0.2) is 4.39 Å². The molecule has 0 radical (unpaired) electrons. The Morgan fingerprint density at radius 3 is 3.05 bits per heavy atom. The van der Waals surface area contributed by atoms with E-state index in [1.807, 2.05) is 23.5 Å². The summed E-state index contributed by atoms with van der Waals surface area (Å²) in [7, 11) is 0. The van der Waals surface area contributed by atoms with Crippen molar-refractivity contribution in [2.24, 2.45) is 5.73 Å². The minimum Gasteiger partial charge on any atom is -0.320 e. The van der Waals surface area contributed by atoms with Crippen molar-refractivity contribution in [1.29, 1.82) is 0 Å². The van der Waals surface area contributed by atoms with Crippen LogP contribution < -0.4 is 5.73 Å². The van der Waals surface area contributed by atoms with Gasteiger partial charge in [-0.15, -0.1) is 11.3 Å². The molecule has 21 heavy (non-hydrogen) atoms. The fourth-order valence-electron chi connectivity index (χ4n) is 2.59. The van der Waals surface area contributed by atoms with Crippen LogP contribution in [0.4, 0.5) is 4.39 Å². The monoisotopic (exact) mass is 300 g/mol. The van der Waals surface area contributed by atoms with Gasteiger partial charge in [-0.2, -0.15) is 0 Å². The molecule has 1 aromatic heterocycles. The average Bonchev–Trinajstić information content (AvgIpc) is 2.95. The second kappa shape index (κ2) is 6.40. The summed E-state index contributed by atoms with van der Waals surface area (Å²) in [6.07, 6.45) is 1.06. The fourth-order valence-corrected chi connectivity index (χ4v) is 3.48. The molecule has 0 fully saturated rings. The summed E-state index contributed by atoms with van der Waals surface area (Å²) in [6, 6.07) is 7.37. The molecule has 2 aromatic rings. The molecule has 108 valence electrons. The van der Waals surface area contributed by atoms with Crippen LogP contribution in [0, 0.1) is 17.7 Å². The van der Waals surface area contributed by atoms with Gasteiger partial charge in [0, 0.05) is 35.6 Å². The van der Waals surface area contributed by atoms with Crippen LogP contribution in [0.5, 0.6) is 0 Å². The van der Waals surface area contributed by atoms with Crippen LogP contribution in [0.2, 0.25) is 0 Å². The zero-order valence-corrected chi connectivity index (χ0v) is 12.5. The van der Waals surface area contributed by atoms with Crippen molar-refractivity contribution >= 4 is 11.3 Å². The first kappa shape index (κ1) is 14.3. The van der Waals surface area contributed by atoms with E-state index in [1.54, 1.807) is 0 Å². The van der Waals surface area contributed by atoms with Crippen LogP contribution in [0.3, 0.4) is 0 Å². The number of hydrogen-bond donors (Lipinski definition) is 1. The van der Waals surface area contributed by atoms with Gasteiger partial charge in [-0.05, 0) is 35.6 Å². The highest BCUT2D eigenvalue weighted by Crippen LogP contribution is 2.25. The Balaban J connectivity index is 1.71. The molecule has 2 heterocycles. The molecule has 1 aliphatic heterocycles. The lowest BCUT2D eigenvalue weighted by Gasteiger charge is -2.26. The van der Waals surface area contributed by atoms with Crippen LogP contribution >= 0.6 is 11.3 Å². The molecule has 0 amide bonds. The number of nitrogens with two attached hydrogens (primary N) is 1. The Kier molecular flexibility index (Phi) is 4.35. The molecular weight excluding hydrogens is 283 g/mol. The lowest BCUT2D eigenvalue weighted by molar-refractivity contribution is 0.244. The van der Waals surface area contributed by atoms with Crippen molar-refractivity contribution in [1.82, 2.24) is 4.90 Å². The largest absolute Gasteiger partial charge is 0.320 e. The van der Waals surface area contributed by atoms with Gasteiger partial charge in [0.15, 0.2) is 0 Å². The van der Waals surface area contributed by atoms with Crippen molar-refractivity contribution in [3.8, 4) is 11.8 Å². The molecule has 0 unspecified atom stereocenters. The molecular formula is C17H17FN2S. The molecule has 1 aliphatic rings. The molecule has 0 saturated carbocycles. The molecule has 0 saturated heterocycles. The highest BCUT2D eigenvalue weighted by molar-refractivity contribution is 7.10. The van der Waals surface area contributed by atoms with E-state index < -0.39 is 0 Å². The maximum absolute atomic E-state index is 14.1. The Labute approximate surface area is 128 Å². The first-order valence-corrected chi connectivity index (χ1v) is 7.89. The van der Waals surface area contributed by atoms with Gasteiger partial charge in [0.1, 0.15) is 5.82 Å². The minimum absolute atomic E-state index is 0.185. The highest BCUT2D eigenvalue weighted by atomic mass is 32.1. The Morgan fingerprint density at radius 1 is 1.33 bits per heavy atom.